The van der Waals surface area contributed by atoms with Gasteiger partial charge in [0, 0.05) is 57.4 Å². The summed E-state index contributed by atoms with van der Waals surface area (Å²) < 4.78 is 16.3. The molecule has 0 saturated carbocycles. The summed E-state index contributed by atoms with van der Waals surface area (Å²) in [6.45, 7) is 4.30. The number of carbonyl (C=O) groups excluding carboxylic acids is 2. The maximum absolute atomic E-state index is 13.3. The van der Waals surface area contributed by atoms with E-state index in [9.17, 15) is 9.59 Å². The quantitative estimate of drug-likeness (QED) is 0.291. The molecule has 0 unspecified atom stereocenters. The van der Waals surface area contributed by atoms with Gasteiger partial charge in [-0.3, -0.25) is 14.5 Å². The second kappa shape index (κ2) is 12.5. The van der Waals surface area contributed by atoms with Crippen LogP contribution in [0.5, 0.6) is 11.5 Å². The molecule has 40 heavy (non-hydrogen) atoms. The lowest BCUT2D eigenvalue weighted by Gasteiger charge is -2.37. The topological polar surface area (TPSA) is 106 Å². The van der Waals surface area contributed by atoms with Crippen molar-refractivity contribution in [3.63, 3.8) is 0 Å². The highest BCUT2D eigenvalue weighted by atomic mass is 35.5. The normalized spacial score (nSPS) is 16.4. The SMILES string of the molecule is COCCOc1cc2ncnc(NC3=CC(=O)C(N4CCN(Cc5ccccc5)CC4)=C(Cl)C3=O)c2cc1OC. The number of benzene rings is 2. The third-order valence-electron chi connectivity index (χ3n) is 6.82. The lowest BCUT2D eigenvalue weighted by molar-refractivity contribution is -0.116. The Morgan fingerprint density at radius 1 is 0.975 bits per heavy atom. The molecule has 0 bridgehead atoms. The Balaban J connectivity index is 1.30. The van der Waals surface area contributed by atoms with Crippen LogP contribution in [0.2, 0.25) is 0 Å². The van der Waals surface area contributed by atoms with Crippen molar-refractivity contribution < 1.29 is 23.8 Å². The Kier molecular flexibility index (Phi) is 8.59. The van der Waals surface area contributed by atoms with E-state index in [4.69, 9.17) is 25.8 Å². The van der Waals surface area contributed by atoms with Crippen molar-refractivity contribution in [3.05, 3.63) is 76.9 Å². The van der Waals surface area contributed by atoms with Gasteiger partial charge in [0.15, 0.2) is 11.5 Å². The smallest absolute Gasteiger partial charge is 0.222 e. The number of ether oxygens (including phenoxy) is 3. The molecule has 1 aromatic heterocycles. The van der Waals surface area contributed by atoms with E-state index in [0.717, 1.165) is 19.6 Å². The van der Waals surface area contributed by atoms with E-state index in [0.29, 0.717) is 54.5 Å². The van der Waals surface area contributed by atoms with Gasteiger partial charge in [0.25, 0.3) is 0 Å². The van der Waals surface area contributed by atoms with Crippen LogP contribution in [0.3, 0.4) is 0 Å². The molecule has 2 aliphatic rings. The number of piperazine rings is 1. The fourth-order valence-corrected chi connectivity index (χ4v) is 5.07. The second-order valence-corrected chi connectivity index (χ2v) is 9.75. The van der Waals surface area contributed by atoms with Gasteiger partial charge in [-0.2, -0.15) is 0 Å². The van der Waals surface area contributed by atoms with Crippen LogP contribution >= 0.6 is 11.6 Å². The fourth-order valence-electron chi connectivity index (χ4n) is 4.76. The molecule has 1 aliphatic carbocycles. The van der Waals surface area contributed by atoms with Crippen molar-refractivity contribution >= 4 is 39.9 Å². The molecular weight excluding hydrogens is 534 g/mol. The minimum Gasteiger partial charge on any atom is -0.493 e. The van der Waals surface area contributed by atoms with Gasteiger partial charge in [0.1, 0.15) is 29.5 Å². The summed E-state index contributed by atoms with van der Waals surface area (Å²) >= 11 is 6.53. The van der Waals surface area contributed by atoms with E-state index in [-0.39, 0.29) is 22.2 Å². The number of aromatic nitrogens is 2. The van der Waals surface area contributed by atoms with Crippen LogP contribution in [0, 0.1) is 0 Å². The number of carbonyl (C=O) groups is 2. The van der Waals surface area contributed by atoms with Gasteiger partial charge in [-0.25, -0.2) is 9.97 Å². The van der Waals surface area contributed by atoms with Crippen LogP contribution < -0.4 is 14.8 Å². The molecule has 1 saturated heterocycles. The maximum atomic E-state index is 13.3. The summed E-state index contributed by atoms with van der Waals surface area (Å²) in [5, 5.41) is 3.48. The highest BCUT2D eigenvalue weighted by Gasteiger charge is 2.33. The number of rotatable bonds is 10. The largest absolute Gasteiger partial charge is 0.493 e. The third-order valence-corrected chi connectivity index (χ3v) is 7.17. The standard InChI is InChI=1S/C29H30ClN5O5/c1-38-12-13-40-25-16-21-20(14-24(25)39-2)29(32-18-31-21)33-22-15-23(36)27(26(30)28(22)37)35-10-8-34(9-11-35)17-19-6-4-3-5-7-19/h3-7,14-16,18H,8-13,17H2,1-2H3,(H,31,32,33). The van der Waals surface area contributed by atoms with Crippen LogP contribution in [0.4, 0.5) is 5.82 Å². The zero-order valence-corrected chi connectivity index (χ0v) is 23.1. The Labute approximate surface area is 237 Å². The van der Waals surface area contributed by atoms with E-state index < -0.39 is 5.78 Å². The molecule has 0 radical (unpaired) electrons. The number of nitrogens with one attached hydrogen (secondary N) is 1. The number of fused-ring (bicyclic) bond motifs is 1. The van der Waals surface area contributed by atoms with E-state index in [1.54, 1.807) is 19.2 Å². The molecule has 1 fully saturated rings. The molecule has 1 aliphatic heterocycles. The van der Waals surface area contributed by atoms with Crippen molar-refractivity contribution in [2.24, 2.45) is 0 Å². The third kappa shape index (κ3) is 5.94. The summed E-state index contributed by atoms with van der Waals surface area (Å²) in [4.78, 5) is 39.3. The molecule has 5 rings (SSSR count). The molecule has 208 valence electrons. The summed E-state index contributed by atoms with van der Waals surface area (Å²) in [5.41, 5.74) is 2.08. The first-order valence-electron chi connectivity index (χ1n) is 12.9. The molecule has 1 N–H and O–H groups in total. The number of allylic oxidation sites excluding steroid dienone is 2. The zero-order chi connectivity index (χ0) is 28.1. The highest BCUT2D eigenvalue weighted by molar-refractivity contribution is 6.49. The van der Waals surface area contributed by atoms with Crippen LogP contribution in [-0.2, 0) is 20.9 Å². The first-order chi connectivity index (χ1) is 19.5. The summed E-state index contributed by atoms with van der Waals surface area (Å²) in [6, 6.07) is 13.7. The average molecular weight is 564 g/mol. The first kappa shape index (κ1) is 27.6. The predicted molar refractivity (Wildman–Crippen MR) is 151 cm³/mol. The molecule has 2 heterocycles. The summed E-state index contributed by atoms with van der Waals surface area (Å²) in [7, 11) is 3.12. The number of halogens is 1. The number of hydrogen-bond donors (Lipinski definition) is 1. The Bertz CT molecular complexity index is 1470. The minimum atomic E-state index is -0.471. The number of nitrogens with zero attached hydrogens (tertiary/aromatic N) is 4. The van der Waals surface area contributed by atoms with Crippen molar-refractivity contribution in [2.45, 2.75) is 6.54 Å². The van der Waals surface area contributed by atoms with Gasteiger partial charge in [-0.15, -0.1) is 0 Å². The van der Waals surface area contributed by atoms with Crippen molar-refractivity contribution in [1.29, 1.82) is 0 Å². The number of methoxy groups -OCH3 is 2. The van der Waals surface area contributed by atoms with Gasteiger partial charge < -0.3 is 24.4 Å². The Hall–Kier alpha value is -3.99. The number of ketones is 2. The number of anilines is 1. The monoisotopic (exact) mass is 563 g/mol. The maximum Gasteiger partial charge on any atom is 0.222 e. The van der Waals surface area contributed by atoms with E-state index >= 15 is 0 Å². The molecule has 3 aromatic rings. The molecule has 2 aromatic carbocycles. The van der Waals surface area contributed by atoms with E-state index in [1.165, 1.54) is 25.1 Å². The van der Waals surface area contributed by atoms with Crippen LogP contribution in [0.25, 0.3) is 10.9 Å². The number of hydrogen-bond acceptors (Lipinski definition) is 10. The molecule has 0 atom stereocenters. The molecule has 0 spiro atoms. The van der Waals surface area contributed by atoms with Crippen LogP contribution in [-0.4, -0.2) is 84.9 Å². The minimum absolute atomic E-state index is 0.0425. The summed E-state index contributed by atoms with van der Waals surface area (Å²) in [5.74, 6) is 0.503. The average Bonchev–Trinajstić information content (AvgIpc) is 2.97. The molecule has 10 nitrogen and oxygen atoms in total. The van der Waals surface area contributed by atoms with Gasteiger partial charge in [0.05, 0.1) is 24.9 Å². The van der Waals surface area contributed by atoms with E-state index in [1.807, 2.05) is 23.1 Å². The second-order valence-electron chi connectivity index (χ2n) is 9.37. The Morgan fingerprint density at radius 3 is 2.48 bits per heavy atom. The van der Waals surface area contributed by atoms with Gasteiger partial charge in [-0.05, 0) is 11.6 Å². The van der Waals surface area contributed by atoms with E-state index in [2.05, 4.69) is 32.3 Å². The van der Waals surface area contributed by atoms with Crippen molar-refractivity contribution in [2.75, 3.05) is 58.9 Å². The van der Waals surface area contributed by atoms with Crippen molar-refractivity contribution in [1.82, 2.24) is 19.8 Å². The van der Waals surface area contributed by atoms with Crippen molar-refractivity contribution in [3.8, 4) is 11.5 Å². The lowest BCUT2D eigenvalue weighted by Crippen LogP contribution is -2.47. The van der Waals surface area contributed by atoms with Gasteiger partial charge in [0.2, 0.25) is 11.6 Å². The zero-order valence-electron chi connectivity index (χ0n) is 22.4. The molecule has 11 heteroatoms. The van der Waals surface area contributed by atoms with Gasteiger partial charge >= 0.3 is 0 Å². The lowest BCUT2D eigenvalue weighted by atomic mass is 10.0. The van der Waals surface area contributed by atoms with Crippen LogP contribution in [0.1, 0.15) is 5.56 Å². The molecule has 0 amide bonds. The first-order valence-corrected chi connectivity index (χ1v) is 13.3. The summed E-state index contributed by atoms with van der Waals surface area (Å²) in [6.07, 6.45) is 2.65. The number of Topliss-reactive ketones (excluding diaryl/α,β-unsaturated/α-hetero) is 1. The highest BCUT2D eigenvalue weighted by Crippen LogP contribution is 2.35. The van der Waals surface area contributed by atoms with Crippen LogP contribution in [0.15, 0.2) is 71.3 Å². The van der Waals surface area contributed by atoms with Gasteiger partial charge in [-0.1, -0.05) is 41.9 Å². The molecular formula is C29H30ClN5O5. The Morgan fingerprint density at radius 2 is 1.75 bits per heavy atom. The predicted octanol–water partition coefficient (Wildman–Crippen LogP) is 3.38. The fraction of sp³-hybridized carbons (Fsp3) is 0.310.